The number of benzene rings is 1. The summed E-state index contributed by atoms with van der Waals surface area (Å²) in [6, 6.07) is 6.64. The summed E-state index contributed by atoms with van der Waals surface area (Å²) >= 11 is 0. The van der Waals surface area contributed by atoms with Crippen LogP contribution in [-0.4, -0.2) is 65.9 Å². The molecule has 2 aliphatic heterocycles. The van der Waals surface area contributed by atoms with E-state index in [1.165, 1.54) is 37.9 Å². The molecular weight excluding hydrogens is 348 g/mol. The van der Waals surface area contributed by atoms with E-state index in [1.807, 2.05) is 12.4 Å². The van der Waals surface area contributed by atoms with Gasteiger partial charge in [-0.1, -0.05) is 12.5 Å². The third kappa shape index (κ3) is 4.50. The molecule has 0 bridgehead atoms. The fourth-order valence-electron chi connectivity index (χ4n) is 4.25. The van der Waals surface area contributed by atoms with Gasteiger partial charge in [-0.3, -0.25) is 9.99 Å². The van der Waals surface area contributed by atoms with Gasteiger partial charge in [-0.15, -0.1) is 0 Å². The van der Waals surface area contributed by atoms with Gasteiger partial charge in [0.25, 0.3) is 0 Å². The topological polar surface area (TPSA) is 70.6 Å². The number of fused-ring (bicyclic) bond motifs is 1. The number of unbranched alkanes of at least 4 members (excludes halogenated alkanes) is 2. The van der Waals surface area contributed by atoms with Crippen molar-refractivity contribution >= 4 is 17.2 Å². The van der Waals surface area contributed by atoms with Gasteiger partial charge < -0.3 is 10.6 Å². The highest BCUT2D eigenvalue weighted by atomic mass is 15.5. The first-order valence-corrected chi connectivity index (χ1v) is 10.7. The number of piperidine rings is 1. The Bertz CT molecular complexity index is 812. The number of rotatable bonds is 7. The first kappa shape index (κ1) is 19.3. The Labute approximate surface area is 167 Å². The van der Waals surface area contributed by atoms with E-state index < -0.39 is 0 Å². The van der Waals surface area contributed by atoms with Crippen molar-refractivity contribution in [3.8, 4) is 0 Å². The Morgan fingerprint density at radius 1 is 1.11 bits per heavy atom. The zero-order valence-electron chi connectivity index (χ0n) is 16.9. The second-order valence-electron chi connectivity index (χ2n) is 8.25. The minimum absolute atomic E-state index is 0.235. The van der Waals surface area contributed by atoms with Crippen LogP contribution in [-0.2, 0) is 0 Å². The summed E-state index contributed by atoms with van der Waals surface area (Å²) in [4.78, 5) is 12.0. The highest BCUT2D eigenvalue weighted by Gasteiger charge is 2.22. The van der Waals surface area contributed by atoms with E-state index in [2.05, 4.69) is 45.2 Å². The molecule has 0 spiro atoms. The van der Waals surface area contributed by atoms with Gasteiger partial charge in [0, 0.05) is 25.5 Å². The zero-order chi connectivity index (χ0) is 19.3. The second-order valence-corrected chi connectivity index (χ2v) is 8.25. The maximum atomic E-state index is 5.57. The minimum Gasteiger partial charge on any atom is -0.330 e. The van der Waals surface area contributed by atoms with Crippen molar-refractivity contribution in [2.45, 2.75) is 43.9 Å². The molecule has 0 aliphatic carbocycles. The van der Waals surface area contributed by atoms with E-state index in [1.54, 1.807) is 0 Å². The highest BCUT2D eigenvalue weighted by Crippen LogP contribution is 2.29. The van der Waals surface area contributed by atoms with Gasteiger partial charge in [-0.2, -0.15) is 5.10 Å². The average molecular weight is 381 g/mol. The Hall–Kier alpha value is -2.05. The van der Waals surface area contributed by atoms with E-state index in [0.29, 0.717) is 5.92 Å². The molecule has 1 saturated heterocycles. The van der Waals surface area contributed by atoms with Crippen molar-refractivity contribution in [1.82, 2.24) is 19.9 Å². The van der Waals surface area contributed by atoms with Crippen molar-refractivity contribution in [2.24, 2.45) is 10.8 Å². The molecule has 6 heteroatoms. The van der Waals surface area contributed by atoms with E-state index in [4.69, 9.17) is 10.7 Å². The van der Waals surface area contributed by atoms with E-state index in [0.717, 1.165) is 49.2 Å². The third-order valence-electron chi connectivity index (χ3n) is 6.09. The number of aromatic nitrogens is 2. The van der Waals surface area contributed by atoms with Gasteiger partial charge in [0.1, 0.15) is 0 Å². The fraction of sp³-hybridized carbons (Fsp3) is 0.591. The molecule has 0 amide bonds. The van der Waals surface area contributed by atoms with Gasteiger partial charge in [-0.05, 0) is 76.0 Å². The monoisotopic (exact) mass is 380 g/mol. The first-order valence-electron chi connectivity index (χ1n) is 10.7. The summed E-state index contributed by atoms with van der Waals surface area (Å²) in [6.07, 6.45) is 9.81. The Morgan fingerprint density at radius 2 is 1.96 bits per heavy atom. The van der Waals surface area contributed by atoms with Crippen LogP contribution in [0.25, 0.3) is 11.0 Å². The van der Waals surface area contributed by atoms with Crippen molar-refractivity contribution < 1.29 is 0 Å². The summed E-state index contributed by atoms with van der Waals surface area (Å²) < 4.78 is 0. The molecule has 4 rings (SSSR count). The lowest BCUT2D eigenvalue weighted by Crippen LogP contribution is -2.29. The smallest absolute Gasteiger partial charge is 0.0893 e. The molecule has 1 unspecified atom stereocenters. The van der Waals surface area contributed by atoms with Crippen LogP contribution < -0.4 is 5.73 Å². The molecule has 1 aromatic heterocycles. The molecular formula is C22H32N6. The lowest BCUT2D eigenvalue weighted by molar-refractivity contribution is 0.255. The van der Waals surface area contributed by atoms with Crippen molar-refractivity contribution in [3.05, 3.63) is 35.7 Å². The maximum Gasteiger partial charge on any atom is 0.0893 e. The molecule has 3 heterocycles. The van der Waals surface area contributed by atoms with Gasteiger partial charge in [-0.25, -0.2) is 4.98 Å². The van der Waals surface area contributed by atoms with Crippen LogP contribution in [0.15, 0.2) is 29.5 Å². The van der Waals surface area contributed by atoms with Crippen LogP contribution in [0.1, 0.15) is 55.2 Å². The SMILES string of the molecule is CN1CCC(c2ccc3ncc(C4C=NN(CCCCCN)C4)nc3c2)CC1. The van der Waals surface area contributed by atoms with Crippen LogP contribution in [0.4, 0.5) is 0 Å². The molecule has 0 saturated carbocycles. The number of hydrazone groups is 1. The van der Waals surface area contributed by atoms with Crippen LogP contribution in [0.3, 0.4) is 0 Å². The van der Waals surface area contributed by atoms with Gasteiger partial charge in [0.2, 0.25) is 0 Å². The van der Waals surface area contributed by atoms with E-state index in [-0.39, 0.29) is 5.92 Å². The standard InChI is InChI=1S/C22H32N6/c1-27-11-7-17(8-12-27)18-5-6-20-21(13-18)26-22(15-24-20)19-14-25-28(16-19)10-4-2-3-9-23/h5-6,13-15,17,19H,2-4,7-12,16,23H2,1H3. The number of nitrogens with two attached hydrogens (primary N) is 1. The van der Waals surface area contributed by atoms with Gasteiger partial charge in [0.15, 0.2) is 0 Å². The lowest BCUT2D eigenvalue weighted by Gasteiger charge is -2.29. The molecule has 2 N–H and O–H groups in total. The number of hydrogen-bond acceptors (Lipinski definition) is 6. The number of nitrogens with zero attached hydrogens (tertiary/aromatic N) is 5. The second kappa shape index (κ2) is 8.97. The normalized spacial score (nSPS) is 21.1. The maximum absolute atomic E-state index is 5.57. The summed E-state index contributed by atoms with van der Waals surface area (Å²) in [5.41, 5.74) is 10.0. The molecule has 1 aromatic carbocycles. The van der Waals surface area contributed by atoms with Gasteiger partial charge >= 0.3 is 0 Å². The Morgan fingerprint density at radius 3 is 2.79 bits per heavy atom. The van der Waals surface area contributed by atoms with Crippen LogP contribution in [0.2, 0.25) is 0 Å². The largest absolute Gasteiger partial charge is 0.330 e. The summed E-state index contributed by atoms with van der Waals surface area (Å²) in [7, 11) is 2.21. The van der Waals surface area contributed by atoms with Crippen LogP contribution in [0.5, 0.6) is 0 Å². The van der Waals surface area contributed by atoms with Crippen molar-refractivity contribution in [1.29, 1.82) is 0 Å². The Kier molecular flexibility index (Phi) is 6.17. The minimum atomic E-state index is 0.235. The fourth-order valence-corrected chi connectivity index (χ4v) is 4.25. The molecule has 1 atom stereocenters. The summed E-state index contributed by atoms with van der Waals surface area (Å²) in [5.74, 6) is 0.876. The Balaban J connectivity index is 1.43. The molecule has 28 heavy (non-hydrogen) atoms. The predicted molar refractivity (Wildman–Crippen MR) is 115 cm³/mol. The molecule has 2 aliphatic rings. The first-order chi connectivity index (χ1) is 13.7. The van der Waals surface area contributed by atoms with Crippen molar-refractivity contribution in [2.75, 3.05) is 39.8 Å². The highest BCUT2D eigenvalue weighted by molar-refractivity contribution is 5.76. The lowest BCUT2D eigenvalue weighted by atomic mass is 9.89. The number of hydrogen-bond donors (Lipinski definition) is 1. The zero-order valence-corrected chi connectivity index (χ0v) is 16.9. The predicted octanol–water partition coefficient (Wildman–Crippen LogP) is 2.95. The van der Waals surface area contributed by atoms with Crippen molar-refractivity contribution in [3.63, 3.8) is 0 Å². The van der Waals surface area contributed by atoms with Crippen LogP contribution in [0, 0.1) is 0 Å². The molecule has 2 aromatic rings. The van der Waals surface area contributed by atoms with E-state index >= 15 is 0 Å². The third-order valence-corrected chi connectivity index (χ3v) is 6.09. The van der Waals surface area contributed by atoms with Crippen LogP contribution >= 0.6 is 0 Å². The average Bonchev–Trinajstić information content (AvgIpc) is 3.20. The number of likely N-dealkylation sites (tertiary alicyclic amines) is 1. The summed E-state index contributed by atoms with van der Waals surface area (Å²) in [5, 5.41) is 6.73. The van der Waals surface area contributed by atoms with E-state index in [9.17, 15) is 0 Å². The quantitative estimate of drug-likeness (QED) is 0.748. The van der Waals surface area contributed by atoms with Gasteiger partial charge in [0.05, 0.1) is 22.6 Å². The molecule has 6 nitrogen and oxygen atoms in total. The molecule has 0 radical (unpaired) electrons. The molecule has 150 valence electrons. The molecule has 1 fully saturated rings. The summed E-state index contributed by atoms with van der Waals surface area (Å²) in [6.45, 7) is 5.02.